The average molecular weight is 512 g/mol. The molecule has 36 heavy (non-hydrogen) atoms. The molecule has 2 aliphatic heterocycles. The fourth-order valence-corrected chi connectivity index (χ4v) is 6.02. The number of carbonyl (C=O) groups is 2. The third kappa shape index (κ3) is 4.85. The zero-order valence-electron chi connectivity index (χ0n) is 21.2. The lowest BCUT2D eigenvalue weighted by molar-refractivity contribution is 0.0744. The summed E-state index contributed by atoms with van der Waals surface area (Å²) < 4.78 is 11.0. The number of amides is 2. The molecule has 2 aliphatic rings. The van der Waals surface area contributed by atoms with Crippen LogP contribution in [0.5, 0.6) is 0 Å². The molecule has 0 radical (unpaired) electrons. The second kappa shape index (κ2) is 9.84. The molecule has 4 heterocycles. The molecular weight excluding hydrogens is 478 g/mol. The van der Waals surface area contributed by atoms with Gasteiger partial charge in [-0.2, -0.15) is 0 Å². The fraction of sp³-hybridized carbons (Fsp3) is 0.500. The first kappa shape index (κ1) is 24.7. The highest BCUT2D eigenvalue weighted by Crippen LogP contribution is 2.34. The van der Waals surface area contributed by atoms with Crippen molar-refractivity contribution in [1.82, 2.24) is 20.2 Å². The molecule has 0 aliphatic carbocycles. The van der Waals surface area contributed by atoms with Crippen molar-refractivity contribution in [2.75, 3.05) is 52.0 Å². The second-order valence-corrected chi connectivity index (χ2v) is 11.2. The summed E-state index contributed by atoms with van der Waals surface area (Å²) in [6, 6.07) is 5.86. The van der Waals surface area contributed by atoms with Crippen molar-refractivity contribution in [3.05, 3.63) is 46.1 Å². The topological polar surface area (TPSA) is 99.8 Å². The van der Waals surface area contributed by atoms with Crippen molar-refractivity contribution in [3.63, 3.8) is 0 Å². The van der Waals surface area contributed by atoms with Crippen LogP contribution < -0.4 is 10.2 Å². The molecule has 0 spiro atoms. The number of aromatic nitrogens is 2. The Balaban J connectivity index is 1.39. The van der Waals surface area contributed by atoms with Gasteiger partial charge < -0.3 is 29.6 Å². The van der Waals surface area contributed by atoms with Crippen molar-refractivity contribution < 1.29 is 19.1 Å². The Morgan fingerprint density at radius 2 is 2.22 bits per heavy atom. The quantitative estimate of drug-likeness (QED) is 0.506. The third-order valence-corrected chi connectivity index (χ3v) is 8.01. The smallest absolute Gasteiger partial charge is 0.263 e. The molecule has 5 rings (SSSR count). The van der Waals surface area contributed by atoms with E-state index in [1.54, 1.807) is 19.1 Å². The van der Waals surface area contributed by atoms with Gasteiger partial charge in [0.1, 0.15) is 4.88 Å². The number of anilines is 1. The SMILES string of the molecule is COCCN(C)C(=O)c1ccc2[nH]cc(C[C@H]3COCCN3c3nc4c(s3)C(=O)NC(C)(C)C4)c2c1. The minimum absolute atomic E-state index is 0.0294. The summed E-state index contributed by atoms with van der Waals surface area (Å²) in [6.07, 6.45) is 3.47. The molecule has 1 fully saturated rings. The highest BCUT2D eigenvalue weighted by Gasteiger charge is 2.35. The molecule has 10 heteroatoms. The van der Waals surface area contributed by atoms with Gasteiger partial charge in [0.2, 0.25) is 0 Å². The van der Waals surface area contributed by atoms with Crippen LogP contribution in [0.15, 0.2) is 24.4 Å². The van der Waals surface area contributed by atoms with E-state index < -0.39 is 0 Å². The Labute approximate surface area is 214 Å². The first-order valence-corrected chi connectivity index (χ1v) is 13.1. The number of rotatable bonds is 7. The lowest BCUT2D eigenvalue weighted by atomic mass is 9.94. The minimum Gasteiger partial charge on any atom is -0.383 e. The summed E-state index contributed by atoms with van der Waals surface area (Å²) in [5.41, 5.74) is 3.35. The summed E-state index contributed by atoms with van der Waals surface area (Å²) >= 11 is 1.47. The molecule has 2 aromatic heterocycles. The van der Waals surface area contributed by atoms with E-state index in [0.29, 0.717) is 36.8 Å². The Bertz CT molecular complexity index is 1280. The number of hydrogen-bond donors (Lipinski definition) is 2. The molecular formula is C26H33N5O4S. The van der Waals surface area contributed by atoms with Crippen molar-refractivity contribution in [2.24, 2.45) is 0 Å². The van der Waals surface area contributed by atoms with Crippen LogP contribution in [0.2, 0.25) is 0 Å². The normalized spacial score (nSPS) is 19.3. The van der Waals surface area contributed by atoms with Crippen LogP contribution in [0.4, 0.5) is 5.13 Å². The van der Waals surface area contributed by atoms with E-state index >= 15 is 0 Å². The molecule has 0 unspecified atom stereocenters. The Hall–Kier alpha value is -2.95. The number of nitrogens with one attached hydrogen (secondary N) is 2. The molecule has 1 aromatic carbocycles. The number of hydrogen-bond acceptors (Lipinski definition) is 7. The number of morpholine rings is 1. The number of fused-ring (bicyclic) bond motifs is 2. The van der Waals surface area contributed by atoms with E-state index in [2.05, 4.69) is 15.2 Å². The van der Waals surface area contributed by atoms with Gasteiger partial charge in [-0.1, -0.05) is 11.3 Å². The summed E-state index contributed by atoms with van der Waals surface area (Å²) in [5.74, 6) is -0.0719. The zero-order valence-corrected chi connectivity index (χ0v) is 22.0. The molecule has 1 saturated heterocycles. The highest BCUT2D eigenvalue weighted by molar-refractivity contribution is 7.17. The standard InChI is InChI=1S/C26H33N5O4S/c1-26(2)13-21-22(23(32)29-26)36-25(28-21)31-8-10-35-15-18(31)11-17-14-27-20-6-5-16(12-19(17)20)24(33)30(3)7-9-34-4/h5-6,12,14,18,27H,7-11,13,15H2,1-4H3,(H,29,32)/t18-/m0/s1. The van der Waals surface area contributed by atoms with Crippen molar-refractivity contribution in [3.8, 4) is 0 Å². The molecule has 1 atom stereocenters. The molecule has 3 aromatic rings. The first-order valence-electron chi connectivity index (χ1n) is 12.3. The third-order valence-electron chi connectivity index (χ3n) is 6.87. The van der Waals surface area contributed by atoms with Gasteiger partial charge in [0.05, 0.1) is 31.6 Å². The second-order valence-electron chi connectivity index (χ2n) is 10.2. The van der Waals surface area contributed by atoms with Crippen molar-refractivity contribution in [2.45, 2.75) is 38.3 Å². The first-order chi connectivity index (χ1) is 17.3. The Morgan fingerprint density at radius 3 is 3.03 bits per heavy atom. The van der Waals surface area contributed by atoms with Gasteiger partial charge in [0, 0.05) is 61.9 Å². The van der Waals surface area contributed by atoms with E-state index in [4.69, 9.17) is 14.5 Å². The number of ether oxygens (including phenoxy) is 2. The molecule has 2 amide bonds. The number of likely N-dealkylation sites (N-methyl/N-ethyl adjacent to an activating group) is 1. The number of aromatic amines is 1. The fourth-order valence-electron chi connectivity index (χ4n) is 4.95. The predicted octanol–water partition coefficient (Wildman–Crippen LogP) is 2.86. The number of nitrogens with zero attached hydrogens (tertiary/aromatic N) is 3. The summed E-state index contributed by atoms with van der Waals surface area (Å²) in [5, 5.41) is 4.98. The van der Waals surface area contributed by atoms with Gasteiger partial charge in [0.15, 0.2) is 5.13 Å². The maximum Gasteiger partial charge on any atom is 0.263 e. The molecule has 192 valence electrons. The number of carbonyl (C=O) groups excluding carboxylic acids is 2. The van der Waals surface area contributed by atoms with E-state index in [9.17, 15) is 9.59 Å². The van der Waals surface area contributed by atoms with Gasteiger partial charge >= 0.3 is 0 Å². The molecule has 0 bridgehead atoms. The van der Waals surface area contributed by atoms with Crippen molar-refractivity contribution >= 4 is 39.2 Å². The number of H-pyrrole nitrogens is 1. The average Bonchev–Trinajstić information content (AvgIpc) is 3.45. The van der Waals surface area contributed by atoms with E-state index in [0.717, 1.165) is 46.7 Å². The number of methoxy groups -OCH3 is 1. The molecule has 0 saturated carbocycles. The highest BCUT2D eigenvalue weighted by atomic mass is 32.1. The van der Waals surface area contributed by atoms with E-state index in [-0.39, 0.29) is 23.4 Å². The van der Waals surface area contributed by atoms with E-state index in [1.165, 1.54) is 11.3 Å². The Morgan fingerprint density at radius 1 is 1.39 bits per heavy atom. The van der Waals surface area contributed by atoms with Crippen LogP contribution in [0.1, 0.15) is 45.1 Å². The maximum absolute atomic E-state index is 12.9. The minimum atomic E-state index is -0.295. The van der Waals surface area contributed by atoms with Gasteiger partial charge in [-0.25, -0.2) is 4.98 Å². The van der Waals surface area contributed by atoms with Crippen LogP contribution in [0, 0.1) is 0 Å². The molecule has 2 N–H and O–H groups in total. The Kier molecular flexibility index (Phi) is 6.76. The maximum atomic E-state index is 12.9. The summed E-state index contributed by atoms with van der Waals surface area (Å²) in [6.45, 7) is 7.00. The van der Waals surface area contributed by atoms with Crippen molar-refractivity contribution in [1.29, 1.82) is 0 Å². The van der Waals surface area contributed by atoms with Crippen LogP contribution >= 0.6 is 11.3 Å². The van der Waals surface area contributed by atoms with Crippen LogP contribution in [0.3, 0.4) is 0 Å². The monoisotopic (exact) mass is 511 g/mol. The predicted molar refractivity (Wildman–Crippen MR) is 140 cm³/mol. The number of benzene rings is 1. The van der Waals surface area contributed by atoms with E-state index in [1.807, 2.05) is 38.2 Å². The van der Waals surface area contributed by atoms with Crippen LogP contribution in [-0.4, -0.2) is 85.3 Å². The van der Waals surface area contributed by atoms with Gasteiger partial charge in [-0.15, -0.1) is 0 Å². The van der Waals surface area contributed by atoms with Crippen LogP contribution in [0.25, 0.3) is 10.9 Å². The summed E-state index contributed by atoms with van der Waals surface area (Å²) in [7, 11) is 3.42. The molecule has 9 nitrogen and oxygen atoms in total. The lowest BCUT2D eigenvalue weighted by Gasteiger charge is -2.35. The lowest BCUT2D eigenvalue weighted by Crippen LogP contribution is -2.48. The largest absolute Gasteiger partial charge is 0.383 e. The summed E-state index contributed by atoms with van der Waals surface area (Å²) in [4.78, 5) is 38.5. The van der Waals surface area contributed by atoms with Gasteiger partial charge in [0.25, 0.3) is 11.8 Å². The van der Waals surface area contributed by atoms with Crippen LogP contribution in [-0.2, 0) is 22.3 Å². The number of thiazole rings is 1. The zero-order chi connectivity index (χ0) is 25.4. The van der Waals surface area contributed by atoms with Gasteiger partial charge in [-0.05, 0) is 44.0 Å². The van der Waals surface area contributed by atoms with Gasteiger partial charge in [-0.3, -0.25) is 9.59 Å².